The van der Waals surface area contributed by atoms with Crippen LogP contribution in [-0.4, -0.2) is 172 Å². The van der Waals surface area contributed by atoms with E-state index < -0.39 is 151 Å². The van der Waals surface area contributed by atoms with Crippen molar-refractivity contribution in [2.45, 2.75) is 159 Å². The third-order valence-electron chi connectivity index (χ3n) is 16.7. The van der Waals surface area contributed by atoms with Gasteiger partial charge in [0.25, 0.3) is 0 Å². The molecule has 1 aromatic heterocycles. The summed E-state index contributed by atoms with van der Waals surface area (Å²) in [7, 11) is 0. The molecule has 99 heavy (non-hydrogen) atoms. The van der Waals surface area contributed by atoms with E-state index in [1.54, 1.807) is 62.4 Å². The number of hydrogen-bond donors (Lipinski definition) is 14. The van der Waals surface area contributed by atoms with Crippen molar-refractivity contribution in [2.75, 3.05) is 25.0 Å². The van der Waals surface area contributed by atoms with Crippen LogP contribution < -0.4 is 70.4 Å². The number of hydrogen-bond acceptors (Lipinski definition) is 15. The lowest BCUT2D eigenvalue weighted by Crippen LogP contribution is -2.61. The first kappa shape index (κ1) is 75.8. The number of benzene rings is 4. The molecule has 3 aliphatic rings. The van der Waals surface area contributed by atoms with Crippen LogP contribution in [0, 0.1) is 5.92 Å². The summed E-state index contributed by atoms with van der Waals surface area (Å²) < 4.78 is 0. The Bertz CT molecular complexity index is 3750. The minimum absolute atomic E-state index is 0.0172. The van der Waals surface area contributed by atoms with E-state index in [2.05, 4.69) is 63.1 Å². The van der Waals surface area contributed by atoms with Crippen LogP contribution in [-0.2, 0) is 83.2 Å². The van der Waals surface area contributed by atoms with Gasteiger partial charge in [0, 0.05) is 75.2 Å². The molecule has 12 amide bonds. The lowest BCUT2D eigenvalue weighted by molar-refractivity contribution is -0.142. The van der Waals surface area contributed by atoms with Crippen LogP contribution in [0.25, 0.3) is 10.8 Å². The number of amides is 12. The Kier molecular flexibility index (Phi) is 28.1. The quantitative estimate of drug-likeness (QED) is 0.0148. The summed E-state index contributed by atoms with van der Waals surface area (Å²) in [5, 5.41) is 39.7. The molecule has 4 heterocycles. The number of nitrogens with one attached hydrogen (secondary N) is 10. The van der Waals surface area contributed by atoms with Crippen molar-refractivity contribution in [3.8, 4) is 0 Å². The molecular formula is C69H87ClN16O13. The molecule has 17 N–H and O–H groups in total. The Labute approximate surface area is 577 Å². The molecule has 3 aliphatic heterocycles. The van der Waals surface area contributed by atoms with Gasteiger partial charge in [-0.3, -0.25) is 67.5 Å². The Morgan fingerprint density at radius 2 is 1.29 bits per heavy atom. The molecule has 528 valence electrons. The molecule has 30 heteroatoms. The zero-order valence-corrected chi connectivity index (χ0v) is 56.3. The van der Waals surface area contributed by atoms with Gasteiger partial charge in [0.2, 0.25) is 70.9 Å². The standard InChI is InChI=1S/C69H87ClN16O13/c1-38(2)30-51-62(93)84-55(68(99)86-29-9-14-57(86)67(98)76-39(3)59(71)90)33-42-18-23-48(24-19-42)78-58(89)26-25-50(61(92)79-49(60(91)81-51)13-8-28-75-69(72)73)80-66(97)56(37-87)85-65(96)54(35-44-10-7-27-74-36-44)83-64(95)53(32-41-16-21-47(70)22-17-41)82-63(94)52(77-40(4)88)34-43-15-20-45-11-5-6-12-46(45)31-43/h5-7,10-12,15-24,27,31,36,38-39,49-57,87H,8-9,13-14,25-26,28-30,32-35,37H2,1-4H3,(H2,71,90)(H,76,98)(H,77,88)(H,78,89)(H,79,92)(H,80,97)(H,81,91)(H,82,94)(H,83,95)(H,84,93)(H,85,96)(H4,72,73,75)/t39-,49-,50+,51+,52-,53-,54-,55+,56+,57+/m1/s1. The van der Waals surface area contributed by atoms with Crippen molar-refractivity contribution in [3.05, 3.63) is 143 Å². The number of pyridine rings is 1. The lowest BCUT2D eigenvalue weighted by Gasteiger charge is -2.31. The fourth-order valence-corrected chi connectivity index (χ4v) is 11.6. The summed E-state index contributed by atoms with van der Waals surface area (Å²) in [6.45, 7) is 5.26. The number of guanidine groups is 1. The third-order valence-corrected chi connectivity index (χ3v) is 16.9. The minimum Gasteiger partial charge on any atom is -0.394 e. The molecule has 0 radical (unpaired) electrons. The SMILES string of the molecule is CC(=O)N[C@H](Cc1ccc2ccccc2c1)C(=O)N[C@H](Cc1ccc(Cl)cc1)C(=O)N[C@H](Cc1cccnc1)C(=O)N[C@@H](CO)C(=O)N[C@H]1CCC(=O)Nc2ccc(cc2)C[C@@H](C(=O)N2CCC[C@H]2C(=O)N[C@H](C)C(N)=O)NC(=O)[C@H](CC(C)C)NC(=O)[C@@H](CCCN=C(N)N)NC1=O. The summed E-state index contributed by atoms with van der Waals surface area (Å²) in [4.78, 5) is 178. The van der Waals surface area contributed by atoms with E-state index in [4.69, 9.17) is 28.8 Å². The van der Waals surface area contributed by atoms with Crippen LogP contribution in [0.5, 0.6) is 0 Å². The molecule has 10 atom stereocenters. The van der Waals surface area contributed by atoms with Crippen molar-refractivity contribution >= 4 is 105 Å². The van der Waals surface area contributed by atoms with Gasteiger partial charge in [-0.25, -0.2) is 0 Å². The van der Waals surface area contributed by atoms with Crippen molar-refractivity contribution in [3.63, 3.8) is 0 Å². The van der Waals surface area contributed by atoms with Crippen LogP contribution >= 0.6 is 11.6 Å². The summed E-state index contributed by atoms with van der Waals surface area (Å²) in [5.74, 6) is -10.2. The average molecular weight is 1380 g/mol. The van der Waals surface area contributed by atoms with Crippen molar-refractivity contribution < 1.29 is 62.6 Å². The largest absolute Gasteiger partial charge is 0.394 e. The molecule has 2 bridgehead atoms. The Hall–Kier alpha value is -10.5. The number of anilines is 1. The van der Waals surface area contributed by atoms with Gasteiger partial charge in [0.05, 0.1) is 6.61 Å². The van der Waals surface area contributed by atoms with Gasteiger partial charge >= 0.3 is 0 Å². The van der Waals surface area contributed by atoms with E-state index in [0.29, 0.717) is 33.7 Å². The zero-order chi connectivity index (χ0) is 71.9. The van der Waals surface area contributed by atoms with Gasteiger partial charge in [0.15, 0.2) is 5.96 Å². The molecule has 0 aliphatic carbocycles. The number of carbonyl (C=O) groups excluding carboxylic acids is 12. The predicted octanol–water partition coefficient (Wildman–Crippen LogP) is -0.138. The third kappa shape index (κ3) is 23.3. The van der Waals surface area contributed by atoms with Crippen molar-refractivity contribution in [2.24, 2.45) is 28.1 Å². The number of nitrogens with zero attached hydrogens (tertiary/aromatic N) is 3. The Balaban J connectivity index is 1.14. The number of aliphatic imine (C=N–C) groups is 1. The Morgan fingerprint density at radius 1 is 0.677 bits per heavy atom. The highest BCUT2D eigenvalue weighted by Gasteiger charge is 2.41. The number of aromatic nitrogens is 1. The second kappa shape index (κ2) is 36.7. The van der Waals surface area contributed by atoms with Crippen LogP contribution in [0.2, 0.25) is 5.02 Å². The molecular weight excluding hydrogens is 1300 g/mol. The van der Waals surface area contributed by atoms with E-state index in [9.17, 15) is 62.6 Å². The number of fused-ring (bicyclic) bond motifs is 17. The maximum atomic E-state index is 14.8. The zero-order valence-electron chi connectivity index (χ0n) is 55.5. The number of primary amides is 1. The number of nitrogens with two attached hydrogens (primary N) is 3. The van der Waals surface area contributed by atoms with Gasteiger partial charge in [-0.2, -0.15) is 0 Å². The minimum atomic E-state index is -1.86. The molecule has 0 spiro atoms. The molecule has 29 nitrogen and oxygen atoms in total. The monoisotopic (exact) mass is 1380 g/mol. The number of carbonyl (C=O) groups is 12. The number of rotatable bonds is 26. The van der Waals surface area contributed by atoms with E-state index >= 15 is 0 Å². The highest BCUT2D eigenvalue weighted by Crippen LogP contribution is 2.23. The second-order valence-electron chi connectivity index (χ2n) is 25.0. The van der Waals surface area contributed by atoms with Crippen molar-refractivity contribution in [1.29, 1.82) is 0 Å². The normalized spacial score (nSPS) is 19.1. The van der Waals surface area contributed by atoms with Gasteiger partial charge in [-0.15, -0.1) is 0 Å². The Morgan fingerprint density at radius 3 is 1.92 bits per heavy atom. The van der Waals surface area contributed by atoms with E-state index in [-0.39, 0.29) is 82.0 Å². The first-order chi connectivity index (χ1) is 47.2. The fourth-order valence-electron chi connectivity index (χ4n) is 11.5. The van der Waals surface area contributed by atoms with Crippen LogP contribution in [0.4, 0.5) is 5.69 Å². The number of likely N-dealkylation sites (tertiary alicyclic amines) is 1. The topological polar surface area (TPSA) is 452 Å². The highest BCUT2D eigenvalue weighted by atomic mass is 35.5. The van der Waals surface area contributed by atoms with E-state index in [0.717, 1.165) is 10.8 Å². The second-order valence-corrected chi connectivity index (χ2v) is 25.5. The molecule has 8 rings (SSSR count). The lowest BCUT2D eigenvalue weighted by atomic mass is 9.99. The molecule has 1 fully saturated rings. The first-order valence-corrected chi connectivity index (χ1v) is 33.1. The van der Waals surface area contributed by atoms with E-state index in [1.165, 1.54) is 43.3 Å². The number of aliphatic hydroxyl groups excluding tert-OH is 1. The van der Waals surface area contributed by atoms with Crippen LogP contribution in [0.1, 0.15) is 94.9 Å². The van der Waals surface area contributed by atoms with Gasteiger partial charge < -0.3 is 80.4 Å². The molecule has 0 unspecified atom stereocenters. The first-order valence-electron chi connectivity index (χ1n) is 32.7. The summed E-state index contributed by atoms with van der Waals surface area (Å²) in [6, 6.07) is 15.2. The van der Waals surface area contributed by atoms with Gasteiger partial charge in [-0.1, -0.05) is 98.2 Å². The number of halogens is 1. The molecule has 5 aromatic rings. The fraction of sp³-hybridized carbons (Fsp3) is 0.420. The summed E-state index contributed by atoms with van der Waals surface area (Å²) in [5.41, 5.74) is 19.1. The summed E-state index contributed by atoms with van der Waals surface area (Å²) >= 11 is 6.23. The predicted molar refractivity (Wildman–Crippen MR) is 368 cm³/mol. The maximum Gasteiger partial charge on any atom is 0.246 e. The molecule has 0 saturated carbocycles. The molecule has 1 saturated heterocycles. The summed E-state index contributed by atoms with van der Waals surface area (Å²) in [6.07, 6.45) is 2.12. The number of aliphatic hydroxyl groups is 1. The maximum absolute atomic E-state index is 14.8. The highest BCUT2D eigenvalue weighted by molar-refractivity contribution is 6.30. The molecule has 4 aromatic carbocycles. The van der Waals surface area contributed by atoms with Crippen LogP contribution in [0.15, 0.2) is 121 Å². The van der Waals surface area contributed by atoms with E-state index in [1.807, 2.05) is 42.5 Å². The van der Waals surface area contributed by atoms with Gasteiger partial charge in [0.1, 0.15) is 60.4 Å². The smallest absolute Gasteiger partial charge is 0.246 e. The average Bonchev–Trinajstić information content (AvgIpc) is 1.76. The van der Waals surface area contributed by atoms with Gasteiger partial charge in [-0.05, 0) is 115 Å². The van der Waals surface area contributed by atoms with Crippen LogP contribution in [0.3, 0.4) is 0 Å². The van der Waals surface area contributed by atoms with Crippen molar-refractivity contribution in [1.82, 2.24) is 57.7 Å².